The molecule has 1 aromatic rings. The maximum Gasteiger partial charge on any atom is 0.0278 e. The van der Waals surface area contributed by atoms with E-state index in [1.807, 2.05) is 0 Å². The molecule has 1 aliphatic heterocycles. The van der Waals surface area contributed by atoms with Crippen LogP contribution < -0.4 is 5.32 Å². The van der Waals surface area contributed by atoms with Crippen molar-refractivity contribution in [2.45, 2.75) is 64.6 Å². The van der Waals surface area contributed by atoms with Gasteiger partial charge < -0.3 is 5.32 Å². The highest BCUT2D eigenvalue weighted by molar-refractivity contribution is 5.22. The first-order valence-corrected chi connectivity index (χ1v) is 8.70. The van der Waals surface area contributed by atoms with Crippen LogP contribution in [0.5, 0.6) is 0 Å². The first-order chi connectivity index (χ1) is 10.1. The number of aryl methyl sites for hydroxylation is 1. The van der Waals surface area contributed by atoms with Crippen LogP contribution in [0.25, 0.3) is 0 Å². The molecule has 1 saturated carbocycles. The van der Waals surface area contributed by atoms with Gasteiger partial charge in [0, 0.05) is 31.2 Å². The van der Waals surface area contributed by atoms with Crippen LogP contribution in [0.1, 0.15) is 51.2 Å². The maximum absolute atomic E-state index is 3.81. The molecule has 2 aliphatic rings. The third-order valence-electron chi connectivity index (χ3n) is 5.52. The van der Waals surface area contributed by atoms with Crippen LogP contribution >= 0.6 is 0 Å². The fraction of sp³-hybridized carbons (Fsp3) is 0.684. The molecule has 2 atom stereocenters. The zero-order valence-electron chi connectivity index (χ0n) is 13.9. The van der Waals surface area contributed by atoms with Gasteiger partial charge in [-0.15, -0.1) is 0 Å². The van der Waals surface area contributed by atoms with E-state index < -0.39 is 0 Å². The lowest BCUT2D eigenvalue weighted by atomic mass is 9.91. The van der Waals surface area contributed by atoms with Crippen LogP contribution in [0.4, 0.5) is 0 Å². The molecular weight excluding hydrogens is 256 g/mol. The summed E-state index contributed by atoms with van der Waals surface area (Å²) in [6.07, 6.45) is 5.20. The standard InChI is InChI=1S/C19H30N2/c1-4-15-6-8-16(9-7-15)13-21-14-19(3,5-2)20-12-18(21)17-10-11-17/h6-9,17-18,20H,4-5,10-14H2,1-3H3. The van der Waals surface area contributed by atoms with Crippen molar-refractivity contribution in [2.24, 2.45) is 5.92 Å². The van der Waals surface area contributed by atoms with Crippen LogP contribution in [-0.2, 0) is 13.0 Å². The van der Waals surface area contributed by atoms with Crippen LogP contribution in [0.3, 0.4) is 0 Å². The van der Waals surface area contributed by atoms with Crippen LogP contribution in [0, 0.1) is 5.92 Å². The number of hydrogen-bond acceptors (Lipinski definition) is 2. The quantitative estimate of drug-likeness (QED) is 0.889. The molecule has 0 bridgehead atoms. The highest BCUT2D eigenvalue weighted by Gasteiger charge is 2.41. The van der Waals surface area contributed by atoms with Crippen LogP contribution in [-0.4, -0.2) is 29.6 Å². The smallest absolute Gasteiger partial charge is 0.0278 e. The minimum atomic E-state index is 0.286. The van der Waals surface area contributed by atoms with Crippen molar-refractivity contribution in [1.82, 2.24) is 10.2 Å². The SMILES string of the molecule is CCc1ccc(CN2CC(C)(CC)NCC2C2CC2)cc1. The second-order valence-electron chi connectivity index (χ2n) is 7.27. The fourth-order valence-electron chi connectivity index (χ4n) is 3.57. The van der Waals surface area contributed by atoms with E-state index in [4.69, 9.17) is 0 Å². The largest absolute Gasteiger partial charge is 0.309 e. The molecule has 1 heterocycles. The number of rotatable bonds is 5. The summed E-state index contributed by atoms with van der Waals surface area (Å²) >= 11 is 0. The zero-order chi connectivity index (χ0) is 14.9. The molecule has 2 nitrogen and oxygen atoms in total. The summed E-state index contributed by atoms with van der Waals surface area (Å²) in [5.41, 5.74) is 3.20. The fourth-order valence-corrected chi connectivity index (χ4v) is 3.57. The lowest BCUT2D eigenvalue weighted by Gasteiger charge is -2.46. The molecule has 2 unspecified atom stereocenters. The Balaban J connectivity index is 1.71. The van der Waals surface area contributed by atoms with Crippen molar-refractivity contribution in [2.75, 3.05) is 13.1 Å². The first-order valence-electron chi connectivity index (χ1n) is 8.70. The molecule has 1 aliphatic carbocycles. The van der Waals surface area contributed by atoms with E-state index in [0.29, 0.717) is 0 Å². The van der Waals surface area contributed by atoms with Gasteiger partial charge in [-0.25, -0.2) is 0 Å². The molecule has 0 spiro atoms. The zero-order valence-corrected chi connectivity index (χ0v) is 13.9. The number of hydrogen-bond donors (Lipinski definition) is 1. The Bertz CT molecular complexity index is 463. The van der Waals surface area contributed by atoms with Gasteiger partial charge >= 0.3 is 0 Å². The van der Waals surface area contributed by atoms with E-state index in [1.54, 1.807) is 0 Å². The molecule has 0 amide bonds. The summed E-state index contributed by atoms with van der Waals surface area (Å²) in [5, 5.41) is 3.81. The lowest BCUT2D eigenvalue weighted by Crippen LogP contribution is -2.62. The van der Waals surface area contributed by atoms with Gasteiger partial charge in [0.25, 0.3) is 0 Å². The third-order valence-corrected chi connectivity index (χ3v) is 5.52. The van der Waals surface area contributed by atoms with Crippen LogP contribution in [0.2, 0.25) is 0 Å². The van der Waals surface area contributed by atoms with Crippen LogP contribution in [0.15, 0.2) is 24.3 Å². The molecule has 1 saturated heterocycles. The Kier molecular flexibility index (Phi) is 4.37. The van der Waals surface area contributed by atoms with Gasteiger partial charge in [0.2, 0.25) is 0 Å². The highest BCUT2D eigenvalue weighted by Crippen LogP contribution is 2.38. The molecule has 1 N–H and O–H groups in total. The van der Waals surface area contributed by atoms with Crippen molar-refractivity contribution in [3.05, 3.63) is 35.4 Å². The van der Waals surface area contributed by atoms with Crippen molar-refractivity contribution in [3.63, 3.8) is 0 Å². The average Bonchev–Trinajstić information content (AvgIpc) is 3.33. The second-order valence-corrected chi connectivity index (χ2v) is 7.27. The predicted octanol–water partition coefficient (Wildman–Crippen LogP) is 3.60. The predicted molar refractivity (Wildman–Crippen MR) is 89.4 cm³/mol. The maximum atomic E-state index is 3.81. The molecule has 21 heavy (non-hydrogen) atoms. The summed E-state index contributed by atoms with van der Waals surface area (Å²) in [6.45, 7) is 10.4. The van der Waals surface area contributed by atoms with Gasteiger partial charge in [0.15, 0.2) is 0 Å². The normalized spacial score (nSPS) is 30.5. The second kappa shape index (κ2) is 6.10. The molecule has 2 heteroatoms. The van der Waals surface area contributed by atoms with E-state index in [-0.39, 0.29) is 5.54 Å². The van der Waals surface area contributed by atoms with E-state index in [2.05, 4.69) is 55.3 Å². The number of nitrogens with one attached hydrogen (secondary N) is 1. The van der Waals surface area contributed by atoms with Gasteiger partial charge in [-0.05, 0) is 49.7 Å². The van der Waals surface area contributed by atoms with E-state index >= 15 is 0 Å². The van der Waals surface area contributed by atoms with E-state index in [1.165, 1.54) is 43.5 Å². The van der Waals surface area contributed by atoms with Crippen molar-refractivity contribution in [3.8, 4) is 0 Å². The summed E-state index contributed by atoms with van der Waals surface area (Å²) in [4.78, 5) is 2.75. The summed E-state index contributed by atoms with van der Waals surface area (Å²) in [7, 11) is 0. The number of piperazine rings is 1. The Labute approximate surface area is 129 Å². The monoisotopic (exact) mass is 286 g/mol. The van der Waals surface area contributed by atoms with Gasteiger partial charge in [-0.1, -0.05) is 38.1 Å². The average molecular weight is 286 g/mol. The molecule has 1 aromatic carbocycles. The summed E-state index contributed by atoms with van der Waals surface area (Å²) in [5.74, 6) is 0.939. The molecular formula is C19H30N2. The van der Waals surface area contributed by atoms with Gasteiger partial charge in [-0.3, -0.25) is 4.90 Å². The third kappa shape index (κ3) is 3.49. The summed E-state index contributed by atoms with van der Waals surface area (Å²) < 4.78 is 0. The topological polar surface area (TPSA) is 15.3 Å². The van der Waals surface area contributed by atoms with Gasteiger partial charge in [0.05, 0.1) is 0 Å². The lowest BCUT2D eigenvalue weighted by molar-refractivity contribution is 0.0662. The van der Waals surface area contributed by atoms with Crippen molar-refractivity contribution in [1.29, 1.82) is 0 Å². The van der Waals surface area contributed by atoms with E-state index in [9.17, 15) is 0 Å². The van der Waals surface area contributed by atoms with E-state index in [0.717, 1.165) is 24.9 Å². The number of benzene rings is 1. The Morgan fingerprint density at radius 2 is 1.81 bits per heavy atom. The van der Waals surface area contributed by atoms with Gasteiger partial charge in [-0.2, -0.15) is 0 Å². The number of nitrogens with zero attached hydrogens (tertiary/aromatic N) is 1. The Hall–Kier alpha value is -0.860. The van der Waals surface area contributed by atoms with Crippen molar-refractivity contribution < 1.29 is 0 Å². The molecule has 3 rings (SSSR count). The molecule has 0 aromatic heterocycles. The Morgan fingerprint density at radius 1 is 1.14 bits per heavy atom. The van der Waals surface area contributed by atoms with Crippen molar-refractivity contribution >= 4 is 0 Å². The minimum Gasteiger partial charge on any atom is -0.309 e. The Morgan fingerprint density at radius 3 is 2.38 bits per heavy atom. The molecule has 116 valence electrons. The first kappa shape index (κ1) is 15.1. The summed E-state index contributed by atoms with van der Waals surface area (Å²) in [6, 6.07) is 9.99. The highest BCUT2D eigenvalue weighted by atomic mass is 15.3. The van der Waals surface area contributed by atoms with Gasteiger partial charge in [0.1, 0.15) is 0 Å². The molecule has 2 fully saturated rings. The molecule has 0 radical (unpaired) electrons. The minimum absolute atomic E-state index is 0.286.